The van der Waals surface area contributed by atoms with E-state index >= 15 is 0 Å². The SMILES string of the molecule is Cc1ccc(N2CC(c3ccc([N+](=O)[O-])cc3)=[N+]([O-])C2c2ccccc2)cc1. The Bertz CT molecular complexity index is 1030. The van der Waals surface area contributed by atoms with Gasteiger partial charge in [-0.1, -0.05) is 48.0 Å². The summed E-state index contributed by atoms with van der Waals surface area (Å²) in [6.07, 6.45) is -0.492. The zero-order valence-corrected chi connectivity index (χ0v) is 15.4. The normalized spacial score (nSPS) is 16.5. The molecule has 1 atom stereocenters. The van der Waals surface area contributed by atoms with Crippen molar-refractivity contribution in [3.05, 3.63) is 111 Å². The van der Waals surface area contributed by atoms with E-state index in [9.17, 15) is 15.3 Å². The summed E-state index contributed by atoms with van der Waals surface area (Å²) >= 11 is 0. The summed E-state index contributed by atoms with van der Waals surface area (Å²) in [5.41, 5.74) is 4.29. The van der Waals surface area contributed by atoms with Gasteiger partial charge in [-0.05, 0) is 31.2 Å². The first-order valence-corrected chi connectivity index (χ1v) is 9.00. The molecule has 6 heteroatoms. The summed E-state index contributed by atoms with van der Waals surface area (Å²) in [4.78, 5) is 12.5. The molecule has 1 aliphatic heterocycles. The summed E-state index contributed by atoms with van der Waals surface area (Å²) < 4.78 is 1.01. The Kier molecular flexibility index (Phi) is 4.53. The third kappa shape index (κ3) is 3.20. The predicted molar refractivity (Wildman–Crippen MR) is 109 cm³/mol. The molecule has 0 fully saturated rings. The Morgan fingerprint density at radius 1 is 0.964 bits per heavy atom. The van der Waals surface area contributed by atoms with Gasteiger partial charge in [0.05, 0.1) is 4.92 Å². The second-order valence-corrected chi connectivity index (χ2v) is 6.82. The molecule has 0 saturated heterocycles. The van der Waals surface area contributed by atoms with Crippen LogP contribution in [0.3, 0.4) is 0 Å². The van der Waals surface area contributed by atoms with Crippen LogP contribution in [0, 0.1) is 22.2 Å². The maximum Gasteiger partial charge on any atom is 0.269 e. The van der Waals surface area contributed by atoms with Gasteiger partial charge in [0.25, 0.3) is 11.9 Å². The van der Waals surface area contributed by atoms with E-state index in [0.717, 1.165) is 21.6 Å². The molecule has 0 spiro atoms. The molecule has 0 aliphatic carbocycles. The number of hydroxylamine groups is 1. The lowest BCUT2D eigenvalue weighted by atomic mass is 10.1. The monoisotopic (exact) mass is 373 g/mol. The first kappa shape index (κ1) is 17.7. The number of benzene rings is 3. The Morgan fingerprint density at radius 3 is 2.21 bits per heavy atom. The number of rotatable bonds is 4. The number of non-ortho nitro benzene ring substituents is 1. The lowest BCUT2D eigenvalue weighted by molar-refractivity contribution is -0.497. The number of nitro groups is 1. The molecule has 4 rings (SSSR count). The fraction of sp³-hybridized carbons (Fsp3) is 0.136. The second kappa shape index (κ2) is 7.15. The Labute approximate surface area is 162 Å². The molecular formula is C22H19N3O3. The number of nitro benzene ring substituents is 1. The average molecular weight is 373 g/mol. The number of aryl methyl sites for hydroxylation is 1. The number of nitrogens with zero attached hydrogens (tertiary/aromatic N) is 3. The van der Waals surface area contributed by atoms with Gasteiger partial charge in [-0.25, -0.2) is 0 Å². The largest absolute Gasteiger partial charge is 0.622 e. The summed E-state index contributed by atoms with van der Waals surface area (Å²) in [5.74, 6) is 0. The molecule has 0 amide bonds. The molecule has 28 heavy (non-hydrogen) atoms. The zero-order valence-electron chi connectivity index (χ0n) is 15.4. The number of hydrogen-bond acceptors (Lipinski definition) is 4. The van der Waals surface area contributed by atoms with Crippen molar-refractivity contribution >= 4 is 17.1 Å². The molecule has 0 radical (unpaired) electrons. The molecule has 1 aliphatic rings. The predicted octanol–water partition coefficient (Wildman–Crippen LogP) is 4.42. The molecule has 6 nitrogen and oxygen atoms in total. The van der Waals surface area contributed by atoms with E-state index in [1.807, 2.05) is 61.5 Å². The highest BCUT2D eigenvalue weighted by Gasteiger charge is 2.39. The van der Waals surface area contributed by atoms with Crippen molar-refractivity contribution in [3.63, 3.8) is 0 Å². The molecule has 1 unspecified atom stereocenters. The van der Waals surface area contributed by atoms with E-state index in [1.165, 1.54) is 12.1 Å². The molecule has 0 saturated carbocycles. The highest BCUT2D eigenvalue weighted by Crippen LogP contribution is 2.33. The van der Waals surface area contributed by atoms with E-state index < -0.39 is 11.1 Å². The first-order chi connectivity index (χ1) is 13.5. The molecule has 3 aromatic carbocycles. The minimum Gasteiger partial charge on any atom is -0.622 e. The minimum atomic E-state index is -0.492. The van der Waals surface area contributed by atoms with Crippen LogP contribution in [0.1, 0.15) is 22.9 Å². The molecule has 3 aromatic rings. The highest BCUT2D eigenvalue weighted by atomic mass is 16.6. The summed E-state index contributed by atoms with van der Waals surface area (Å²) in [6.45, 7) is 2.45. The Balaban J connectivity index is 1.77. The maximum absolute atomic E-state index is 13.3. The Hall–Kier alpha value is -3.67. The maximum atomic E-state index is 13.3. The van der Waals surface area contributed by atoms with Crippen LogP contribution in [-0.2, 0) is 0 Å². The van der Waals surface area contributed by atoms with Gasteiger partial charge < -0.3 is 5.21 Å². The fourth-order valence-corrected chi connectivity index (χ4v) is 3.50. The van der Waals surface area contributed by atoms with E-state index in [1.54, 1.807) is 12.1 Å². The first-order valence-electron chi connectivity index (χ1n) is 9.00. The molecule has 1 heterocycles. The van der Waals surface area contributed by atoms with Crippen LogP contribution in [0.25, 0.3) is 0 Å². The van der Waals surface area contributed by atoms with Crippen molar-refractivity contribution in [1.29, 1.82) is 0 Å². The average Bonchev–Trinajstić information content (AvgIpc) is 3.06. The standard InChI is InChI=1S/C22H19N3O3/c1-16-7-11-19(12-8-16)23-15-21(17-9-13-20(14-10-17)25(27)28)24(26)22(23)18-5-3-2-4-6-18/h2-14,22H,15H2,1H3. The fourth-order valence-electron chi connectivity index (χ4n) is 3.50. The Morgan fingerprint density at radius 2 is 1.61 bits per heavy atom. The van der Waals surface area contributed by atoms with Crippen LogP contribution in [0.4, 0.5) is 11.4 Å². The van der Waals surface area contributed by atoms with Gasteiger partial charge in [-0.3, -0.25) is 15.0 Å². The van der Waals surface area contributed by atoms with Crippen LogP contribution in [0.15, 0.2) is 78.9 Å². The smallest absolute Gasteiger partial charge is 0.269 e. The number of anilines is 1. The van der Waals surface area contributed by atoms with Crippen LogP contribution < -0.4 is 4.90 Å². The van der Waals surface area contributed by atoms with Crippen LogP contribution in [0.5, 0.6) is 0 Å². The van der Waals surface area contributed by atoms with Crippen molar-refractivity contribution in [3.8, 4) is 0 Å². The van der Waals surface area contributed by atoms with Crippen molar-refractivity contribution in [2.75, 3.05) is 11.4 Å². The quantitative estimate of drug-likeness (QED) is 0.294. The van der Waals surface area contributed by atoms with Crippen LogP contribution in [0.2, 0.25) is 0 Å². The van der Waals surface area contributed by atoms with E-state index in [0.29, 0.717) is 17.8 Å². The molecule has 140 valence electrons. The van der Waals surface area contributed by atoms with Crippen LogP contribution in [-0.4, -0.2) is 21.9 Å². The summed E-state index contributed by atoms with van der Waals surface area (Å²) in [7, 11) is 0. The van der Waals surface area contributed by atoms with Gasteiger partial charge in [0, 0.05) is 28.9 Å². The van der Waals surface area contributed by atoms with Crippen molar-refractivity contribution in [1.82, 2.24) is 0 Å². The molecule has 0 N–H and O–H groups in total. The van der Waals surface area contributed by atoms with Gasteiger partial charge in [-0.15, -0.1) is 0 Å². The van der Waals surface area contributed by atoms with Crippen molar-refractivity contribution < 1.29 is 9.66 Å². The van der Waals surface area contributed by atoms with E-state index in [4.69, 9.17) is 0 Å². The molecule has 0 bridgehead atoms. The number of hydrogen-bond donors (Lipinski definition) is 0. The van der Waals surface area contributed by atoms with Gasteiger partial charge in [0.1, 0.15) is 6.54 Å². The highest BCUT2D eigenvalue weighted by molar-refractivity contribution is 6.01. The lowest BCUT2D eigenvalue weighted by Gasteiger charge is -2.24. The minimum absolute atomic E-state index is 0.00907. The van der Waals surface area contributed by atoms with Crippen LogP contribution >= 0.6 is 0 Å². The van der Waals surface area contributed by atoms with E-state index in [-0.39, 0.29) is 5.69 Å². The summed E-state index contributed by atoms with van der Waals surface area (Å²) in [6, 6.07) is 23.8. The van der Waals surface area contributed by atoms with Gasteiger partial charge in [-0.2, -0.15) is 4.74 Å². The topological polar surface area (TPSA) is 72.4 Å². The third-order valence-electron chi connectivity index (χ3n) is 4.98. The molecule has 0 aromatic heterocycles. The van der Waals surface area contributed by atoms with Gasteiger partial charge in [0.2, 0.25) is 5.71 Å². The second-order valence-electron chi connectivity index (χ2n) is 6.82. The molecular weight excluding hydrogens is 354 g/mol. The van der Waals surface area contributed by atoms with Crippen molar-refractivity contribution in [2.24, 2.45) is 0 Å². The van der Waals surface area contributed by atoms with Gasteiger partial charge in [0.15, 0.2) is 0 Å². The van der Waals surface area contributed by atoms with E-state index in [2.05, 4.69) is 4.90 Å². The zero-order chi connectivity index (χ0) is 19.7. The van der Waals surface area contributed by atoms with Gasteiger partial charge >= 0.3 is 0 Å². The third-order valence-corrected chi connectivity index (χ3v) is 4.98. The summed E-state index contributed by atoms with van der Waals surface area (Å²) in [5, 5.41) is 24.2. The lowest BCUT2D eigenvalue weighted by Crippen LogP contribution is -2.28. The van der Waals surface area contributed by atoms with Crippen molar-refractivity contribution in [2.45, 2.75) is 13.1 Å².